The maximum absolute atomic E-state index is 12.2. The summed E-state index contributed by atoms with van der Waals surface area (Å²) >= 11 is 0. The van der Waals surface area contributed by atoms with Gasteiger partial charge in [0, 0.05) is 17.8 Å². The van der Waals surface area contributed by atoms with Gasteiger partial charge < -0.3 is 20.1 Å². The van der Waals surface area contributed by atoms with Gasteiger partial charge >= 0.3 is 0 Å². The molecule has 0 aliphatic carbocycles. The summed E-state index contributed by atoms with van der Waals surface area (Å²) in [5.74, 6) is 1.05. The van der Waals surface area contributed by atoms with Crippen molar-refractivity contribution in [1.29, 1.82) is 0 Å². The van der Waals surface area contributed by atoms with E-state index in [-0.39, 0.29) is 18.6 Å². The van der Waals surface area contributed by atoms with E-state index >= 15 is 0 Å². The van der Waals surface area contributed by atoms with Crippen LogP contribution in [0, 0.1) is 0 Å². The molecule has 0 saturated heterocycles. The second kappa shape index (κ2) is 5.31. The fourth-order valence-corrected chi connectivity index (χ4v) is 2.71. The summed E-state index contributed by atoms with van der Waals surface area (Å²) in [6, 6.07) is 10.8. The Bertz CT molecular complexity index is 816. The van der Waals surface area contributed by atoms with E-state index in [1.165, 1.54) is 0 Å². The monoisotopic (exact) mass is 310 g/mol. The van der Waals surface area contributed by atoms with Crippen LogP contribution in [0.25, 0.3) is 0 Å². The predicted octanol–water partition coefficient (Wildman–Crippen LogP) is 1.84. The molecule has 4 rings (SSSR count). The lowest BCUT2D eigenvalue weighted by molar-refractivity contribution is -0.115. The molecule has 0 fully saturated rings. The molecule has 0 bridgehead atoms. The highest BCUT2D eigenvalue weighted by molar-refractivity contribution is 5.99. The van der Waals surface area contributed by atoms with Gasteiger partial charge in [-0.3, -0.25) is 9.59 Å². The second-order valence-corrected chi connectivity index (χ2v) is 5.47. The summed E-state index contributed by atoms with van der Waals surface area (Å²) in [5, 5.41) is 5.66. The maximum Gasteiger partial charge on any atom is 0.251 e. The molecule has 2 amide bonds. The first-order chi connectivity index (χ1) is 11.2. The van der Waals surface area contributed by atoms with Crippen LogP contribution in [0.15, 0.2) is 36.4 Å². The Morgan fingerprint density at radius 2 is 2.00 bits per heavy atom. The number of amides is 2. The van der Waals surface area contributed by atoms with Gasteiger partial charge in [-0.2, -0.15) is 0 Å². The lowest BCUT2D eigenvalue weighted by Gasteiger charge is -2.07. The molecule has 6 nitrogen and oxygen atoms in total. The van der Waals surface area contributed by atoms with Crippen molar-refractivity contribution in [3.05, 3.63) is 53.1 Å². The van der Waals surface area contributed by atoms with Crippen molar-refractivity contribution in [2.45, 2.75) is 13.0 Å². The zero-order valence-electron chi connectivity index (χ0n) is 12.2. The molecular weight excluding hydrogens is 296 g/mol. The average Bonchev–Trinajstić information content (AvgIpc) is 3.16. The molecule has 2 aromatic rings. The van der Waals surface area contributed by atoms with Crippen molar-refractivity contribution in [3.8, 4) is 11.5 Å². The Morgan fingerprint density at radius 1 is 1.13 bits per heavy atom. The Kier molecular flexibility index (Phi) is 3.15. The first-order valence-corrected chi connectivity index (χ1v) is 7.28. The van der Waals surface area contributed by atoms with Gasteiger partial charge in [0.15, 0.2) is 11.5 Å². The smallest absolute Gasteiger partial charge is 0.251 e. The minimum Gasteiger partial charge on any atom is -0.454 e. The summed E-state index contributed by atoms with van der Waals surface area (Å²) in [4.78, 5) is 23.6. The molecule has 2 aliphatic heterocycles. The number of fused-ring (bicyclic) bond motifs is 2. The lowest BCUT2D eigenvalue weighted by Crippen LogP contribution is -2.22. The molecule has 0 atom stereocenters. The minimum atomic E-state index is -0.182. The maximum atomic E-state index is 12.2. The van der Waals surface area contributed by atoms with Crippen molar-refractivity contribution in [3.63, 3.8) is 0 Å². The molecule has 6 heteroatoms. The van der Waals surface area contributed by atoms with Crippen molar-refractivity contribution in [1.82, 2.24) is 5.32 Å². The first-order valence-electron chi connectivity index (χ1n) is 7.28. The normalized spacial score (nSPS) is 14.3. The van der Waals surface area contributed by atoms with Crippen LogP contribution < -0.4 is 20.1 Å². The van der Waals surface area contributed by atoms with Crippen LogP contribution in [0.5, 0.6) is 11.5 Å². The molecule has 0 radical (unpaired) electrons. The molecule has 0 saturated carbocycles. The third-order valence-corrected chi connectivity index (χ3v) is 3.88. The molecule has 0 aromatic heterocycles. The number of hydrogen-bond donors (Lipinski definition) is 2. The largest absolute Gasteiger partial charge is 0.454 e. The molecule has 2 aromatic carbocycles. The van der Waals surface area contributed by atoms with Gasteiger partial charge in [-0.05, 0) is 35.4 Å². The SMILES string of the molecule is O=C1Cc2cc(CNC(=O)c3ccc4c(c3)OCO4)ccc2N1. The van der Waals surface area contributed by atoms with E-state index < -0.39 is 0 Å². The highest BCUT2D eigenvalue weighted by Gasteiger charge is 2.18. The number of anilines is 1. The fourth-order valence-electron chi connectivity index (χ4n) is 2.71. The van der Waals surface area contributed by atoms with Gasteiger partial charge in [0.05, 0.1) is 6.42 Å². The van der Waals surface area contributed by atoms with Crippen molar-refractivity contribution >= 4 is 17.5 Å². The van der Waals surface area contributed by atoms with Gasteiger partial charge in [-0.15, -0.1) is 0 Å². The Hall–Kier alpha value is -3.02. The van der Waals surface area contributed by atoms with Gasteiger partial charge in [-0.1, -0.05) is 12.1 Å². The van der Waals surface area contributed by atoms with Crippen LogP contribution in [0.3, 0.4) is 0 Å². The van der Waals surface area contributed by atoms with E-state index in [1.807, 2.05) is 18.2 Å². The lowest BCUT2D eigenvalue weighted by atomic mass is 10.1. The molecule has 0 spiro atoms. The Labute approximate surface area is 132 Å². The molecule has 116 valence electrons. The number of nitrogens with one attached hydrogen (secondary N) is 2. The zero-order chi connectivity index (χ0) is 15.8. The van der Waals surface area contributed by atoms with Crippen molar-refractivity contribution in [2.75, 3.05) is 12.1 Å². The number of rotatable bonds is 3. The minimum absolute atomic E-state index is 0.00143. The van der Waals surface area contributed by atoms with Crippen LogP contribution in [-0.4, -0.2) is 18.6 Å². The number of hydrogen-bond acceptors (Lipinski definition) is 4. The van der Waals surface area contributed by atoms with Gasteiger partial charge in [-0.25, -0.2) is 0 Å². The molecule has 2 aliphatic rings. The summed E-state index contributed by atoms with van der Waals surface area (Å²) in [7, 11) is 0. The number of ether oxygens (including phenoxy) is 2. The van der Waals surface area contributed by atoms with E-state index in [4.69, 9.17) is 9.47 Å². The zero-order valence-corrected chi connectivity index (χ0v) is 12.2. The van der Waals surface area contributed by atoms with E-state index in [1.54, 1.807) is 18.2 Å². The Morgan fingerprint density at radius 3 is 2.91 bits per heavy atom. The average molecular weight is 310 g/mol. The second-order valence-electron chi connectivity index (χ2n) is 5.47. The molecule has 2 N–H and O–H groups in total. The van der Waals surface area contributed by atoms with Gasteiger partial charge in [0.2, 0.25) is 12.7 Å². The van der Waals surface area contributed by atoms with Gasteiger partial charge in [0.25, 0.3) is 5.91 Å². The van der Waals surface area contributed by atoms with E-state index in [0.717, 1.165) is 16.8 Å². The summed E-state index contributed by atoms with van der Waals surface area (Å²) in [6.45, 7) is 0.580. The number of carbonyl (C=O) groups is 2. The molecule has 23 heavy (non-hydrogen) atoms. The molecular formula is C17H14N2O4. The van der Waals surface area contributed by atoms with Crippen molar-refractivity contribution in [2.24, 2.45) is 0 Å². The topological polar surface area (TPSA) is 76.7 Å². The van der Waals surface area contributed by atoms with Crippen LogP contribution in [0.4, 0.5) is 5.69 Å². The van der Waals surface area contributed by atoms with Crippen LogP contribution >= 0.6 is 0 Å². The summed E-state index contributed by atoms with van der Waals surface area (Å²) in [6.07, 6.45) is 0.388. The van der Waals surface area contributed by atoms with Crippen molar-refractivity contribution < 1.29 is 19.1 Å². The van der Waals surface area contributed by atoms with Crippen LogP contribution in [-0.2, 0) is 17.8 Å². The quantitative estimate of drug-likeness (QED) is 0.907. The van der Waals surface area contributed by atoms with E-state index in [2.05, 4.69) is 10.6 Å². The third kappa shape index (κ3) is 2.59. The fraction of sp³-hybridized carbons (Fsp3) is 0.176. The molecule has 0 unspecified atom stereocenters. The standard InChI is InChI=1S/C17H14N2O4/c20-16-7-12-5-10(1-3-13(12)19-16)8-18-17(21)11-2-4-14-15(6-11)23-9-22-14/h1-6H,7-9H2,(H,18,21)(H,19,20). The Balaban J connectivity index is 1.44. The van der Waals surface area contributed by atoms with Crippen LogP contribution in [0.1, 0.15) is 21.5 Å². The highest BCUT2D eigenvalue weighted by atomic mass is 16.7. The van der Waals surface area contributed by atoms with Gasteiger partial charge in [0.1, 0.15) is 0 Å². The van der Waals surface area contributed by atoms with E-state index in [9.17, 15) is 9.59 Å². The van der Waals surface area contributed by atoms with E-state index in [0.29, 0.717) is 30.0 Å². The summed E-state index contributed by atoms with van der Waals surface area (Å²) < 4.78 is 10.5. The third-order valence-electron chi connectivity index (χ3n) is 3.88. The predicted molar refractivity (Wildman–Crippen MR) is 82.5 cm³/mol. The highest BCUT2D eigenvalue weighted by Crippen LogP contribution is 2.32. The van der Waals surface area contributed by atoms with Crippen LogP contribution in [0.2, 0.25) is 0 Å². The number of benzene rings is 2. The number of carbonyl (C=O) groups excluding carboxylic acids is 2. The first kappa shape index (κ1) is 13.6. The molecule has 2 heterocycles. The summed E-state index contributed by atoms with van der Waals surface area (Å²) in [5.41, 5.74) is 3.28.